The summed E-state index contributed by atoms with van der Waals surface area (Å²) in [5.41, 5.74) is 2.36. The van der Waals surface area contributed by atoms with Crippen molar-refractivity contribution >= 4 is 8.80 Å². The van der Waals surface area contributed by atoms with Gasteiger partial charge in [0.1, 0.15) is 0 Å². The van der Waals surface area contributed by atoms with Crippen molar-refractivity contribution in [1.29, 1.82) is 0 Å². The Hall–Kier alpha value is -0.303. The fourth-order valence-electron chi connectivity index (χ4n) is 0.704. The zero-order valence-electron chi connectivity index (χ0n) is 4.59. The van der Waals surface area contributed by atoms with Crippen LogP contribution in [0.1, 0.15) is 0 Å². The van der Waals surface area contributed by atoms with Gasteiger partial charge in [-0.1, -0.05) is 30.5 Å². The Morgan fingerprint density at radius 3 is 2.57 bits per heavy atom. The van der Waals surface area contributed by atoms with E-state index in [1.807, 2.05) is 0 Å². The van der Waals surface area contributed by atoms with E-state index in [4.69, 9.17) is 0 Å². The standard InChI is InChI=1S/C6H10Si/c1-7-5-3-2-4-6-7/h2-5,7H,6H2,1H3. The average molecular weight is 110 g/mol. The first-order chi connectivity index (χ1) is 3.39. The maximum absolute atomic E-state index is 2.36. The summed E-state index contributed by atoms with van der Waals surface area (Å²) in [6, 6.07) is 1.36. The van der Waals surface area contributed by atoms with Crippen molar-refractivity contribution in [3.8, 4) is 0 Å². The van der Waals surface area contributed by atoms with Crippen molar-refractivity contribution < 1.29 is 0 Å². The van der Waals surface area contributed by atoms with Crippen molar-refractivity contribution in [2.24, 2.45) is 0 Å². The molecule has 0 aliphatic carbocycles. The molecule has 7 heavy (non-hydrogen) atoms. The predicted octanol–water partition coefficient (Wildman–Crippen LogP) is 1.51. The van der Waals surface area contributed by atoms with Gasteiger partial charge in [0, 0.05) is 0 Å². The van der Waals surface area contributed by atoms with Gasteiger partial charge in [-0.05, 0) is 6.04 Å². The summed E-state index contributed by atoms with van der Waals surface area (Å²) in [6.07, 6.45) is 6.56. The molecule has 0 spiro atoms. The second-order valence-corrected chi connectivity index (χ2v) is 4.84. The third kappa shape index (κ3) is 1.31. The molecule has 0 aromatic heterocycles. The van der Waals surface area contributed by atoms with Crippen LogP contribution in [-0.4, -0.2) is 8.80 Å². The lowest BCUT2D eigenvalue weighted by Crippen LogP contribution is -2.01. The number of allylic oxidation sites excluding steroid dienone is 3. The minimum absolute atomic E-state index is 0.362. The highest BCUT2D eigenvalue weighted by Gasteiger charge is 1.95. The average Bonchev–Trinajstić information content (AvgIpc) is 1.69. The lowest BCUT2D eigenvalue weighted by molar-refractivity contribution is 1.60. The fraction of sp³-hybridized carbons (Fsp3) is 0.333. The monoisotopic (exact) mass is 110 g/mol. The topological polar surface area (TPSA) is 0 Å². The maximum Gasteiger partial charge on any atom is 0.0621 e. The molecule has 1 aliphatic rings. The van der Waals surface area contributed by atoms with Crippen molar-refractivity contribution in [1.82, 2.24) is 0 Å². The van der Waals surface area contributed by atoms with E-state index >= 15 is 0 Å². The molecule has 1 heteroatoms. The van der Waals surface area contributed by atoms with Gasteiger partial charge in [-0.2, -0.15) is 0 Å². The van der Waals surface area contributed by atoms with Gasteiger partial charge in [-0.25, -0.2) is 0 Å². The third-order valence-electron chi connectivity index (χ3n) is 1.19. The molecule has 0 saturated carbocycles. The molecule has 0 aromatic carbocycles. The third-order valence-corrected chi connectivity index (χ3v) is 3.09. The van der Waals surface area contributed by atoms with E-state index in [1.165, 1.54) is 6.04 Å². The van der Waals surface area contributed by atoms with Crippen molar-refractivity contribution in [2.75, 3.05) is 0 Å². The van der Waals surface area contributed by atoms with E-state index in [9.17, 15) is 0 Å². The molecule has 38 valence electrons. The van der Waals surface area contributed by atoms with Gasteiger partial charge in [-0.15, -0.1) is 0 Å². The Kier molecular flexibility index (Phi) is 1.47. The number of hydrogen-bond acceptors (Lipinski definition) is 0. The molecule has 1 rings (SSSR count). The molecule has 0 aromatic rings. The van der Waals surface area contributed by atoms with E-state index in [0.717, 1.165) is 0 Å². The van der Waals surface area contributed by atoms with E-state index in [-0.39, 0.29) is 8.80 Å². The molecule has 0 N–H and O–H groups in total. The summed E-state index contributed by atoms with van der Waals surface area (Å²) >= 11 is 0. The highest BCUT2D eigenvalue weighted by molar-refractivity contribution is 6.63. The van der Waals surface area contributed by atoms with Crippen LogP contribution in [0, 0.1) is 0 Å². The van der Waals surface area contributed by atoms with Crippen LogP contribution >= 0.6 is 0 Å². The fourth-order valence-corrected chi connectivity index (χ4v) is 1.96. The molecule has 0 fully saturated rings. The zero-order valence-corrected chi connectivity index (χ0v) is 5.75. The van der Waals surface area contributed by atoms with E-state index < -0.39 is 0 Å². The molecule has 1 atom stereocenters. The molecular weight excluding hydrogens is 100 g/mol. The summed E-state index contributed by atoms with van der Waals surface area (Å²) < 4.78 is 0. The van der Waals surface area contributed by atoms with E-state index in [1.54, 1.807) is 0 Å². The largest absolute Gasteiger partial charge is 0.0976 e. The summed E-state index contributed by atoms with van der Waals surface area (Å²) in [5, 5.41) is 0. The SMILES string of the molecule is C[SiH]1C=CC=CC1. The van der Waals surface area contributed by atoms with E-state index in [0.29, 0.717) is 0 Å². The summed E-state index contributed by atoms with van der Waals surface area (Å²) in [4.78, 5) is 0. The van der Waals surface area contributed by atoms with Crippen LogP contribution in [0.4, 0.5) is 0 Å². The second kappa shape index (κ2) is 2.12. The van der Waals surface area contributed by atoms with Crippen LogP contribution in [0.2, 0.25) is 12.6 Å². The Labute approximate surface area is 46.2 Å². The highest BCUT2D eigenvalue weighted by atomic mass is 28.3. The predicted molar refractivity (Wildman–Crippen MR) is 36.1 cm³/mol. The first-order valence-electron chi connectivity index (χ1n) is 2.73. The maximum atomic E-state index is 2.36. The lowest BCUT2D eigenvalue weighted by atomic mass is 10.5. The number of rotatable bonds is 0. The van der Waals surface area contributed by atoms with Gasteiger partial charge in [-0.3, -0.25) is 0 Å². The van der Waals surface area contributed by atoms with Crippen LogP contribution in [0.3, 0.4) is 0 Å². The first-order valence-corrected chi connectivity index (χ1v) is 5.37. The summed E-state index contributed by atoms with van der Waals surface area (Å²) in [7, 11) is -0.362. The molecule has 0 nitrogen and oxygen atoms in total. The Balaban J connectivity index is 2.49. The minimum atomic E-state index is -0.362. The smallest absolute Gasteiger partial charge is 0.0621 e. The first kappa shape index (κ1) is 4.85. The normalized spacial score (nSPS) is 28.4. The zero-order chi connectivity index (χ0) is 5.11. The quantitative estimate of drug-likeness (QED) is 0.415. The number of hydrogen-bond donors (Lipinski definition) is 0. The van der Waals surface area contributed by atoms with Gasteiger partial charge in [0.05, 0.1) is 8.80 Å². The molecule has 0 saturated heterocycles. The molecule has 0 radical (unpaired) electrons. The highest BCUT2D eigenvalue weighted by Crippen LogP contribution is 2.00. The van der Waals surface area contributed by atoms with Crippen LogP contribution in [0.15, 0.2) is 23.9 Å². The summed E-state index contributed by atoms with van der Waals surface area (Å²) in [6.45, 7) is 2.36. The van der Waals surface area contributed by atoms with Crippen molar-refractivity contribution in [3.63, 3.8) is 0 Å². The van der Waals surface area contributed by atoms with Gasteiger partial charge < -0.3 is 0 Å². The Morgan fingerprint density at radius 1 is 1.43 bits per heavy atom. The van der Waals surface area contributed by atoms with Gasteiger partial charge >= 0.3 is 0 Å². The van der Waals surface area contributed by atoms with Crippen LogP contribution in [0.5, 0.6) is 0 Å². The van der Waals surface area contributed by atoms with Crippen molar-refractivity contribution in [2.45, 2.75) is 12.6 Å². The van der Waals surface area contributed by atoms with E-state index in [2.05, 4.69) is 30.5 Å². The van der Waals surface area contributed by atoms with Gasteiger partial charge in [0.2, 0.25) is 0 Å². The van der Waals surface area contributed by atoms with Crippen LogP contribution < -0.4 is 0 Å². The Morgan fingerprint density at radius 2 is 2.29 bits per heavy atom. The van der Waals surface area contributed by atoms with Gasteiger partial charge in [0.25, 0.3) is 0 Å². The van der Waals surface area contributed by atoms with Gasteiger partial charge in [0.15, 0.2) is 0 Å². The second-order valence-electron chi connectivity index (χ2n) is 2.03. The Bertz CT molecular complexity index is 103. The molecule has 1 heterocycles. The molecule has 0 bridgehead atoms. The lowest BCUT2D eigenvalue weighted by Gasteiger charge is -2.00. The molecular formula is C6H10Si. The molecule has 1 aliphatic heterocycles. The summed E-state index contributed by atoms with van der Waals surface area (Å²) in [5.74, 6) is 0. The molecule has 1 unspecified atom stereocenters. The van der Waals surface area contributed by atoms with Crippen LogP contribution in [0.25, 0.3) is 0 Å². The molecule has 0 amide bonds. The minimum Gasteiger partial charge on any atom is -0.0976 e. The van der Waals surface area contributed by atoms with Crippen molar-refractivity contribution in [3.05, 3.63) is 23.9 Å². The van der Waals surface area contributed by atoms with Crippen LogP contribution in [-0.2, 0) is 0 Å².